The van der Waals surface area contributed by atoms with Gasteiger partial charge < -0.3 is 10.2 Å². The predicted molar refractivity (Wildman–Crippen MR) is 92.6 cm³/mol. The predicted octanol–water partition coefficient (Wildman–Crippen LogP) is 3.11. The number of hydrogen-bond acceptors (Lipinski definition) is 4. The highest BCUT2D eigenvalue weighted by Crippen LogP contribution is 2.25. The minimum Gasteiger partial charge on any atom is -0.352 e. The van der Waals surface area contributed by atoms with Gasteiger partial charge in [0.15, 0.2) is 0 Å². The molecule has 0 radical (unpaired) electrons. The minimum absolute atomic E-state index is 0.0710. The smallest absolute Gasteiger partial charge is 0.239 e. The molecule has 2 rings (SSSR count). The number of rotatable bonds is 5. The maximum atomic E-state index is 12.0. The van der Waals surface area contributed by atoms with Crippen molar-refractivity contribution >= 4 is 34.2 Å². The van der Waals surface area contributed by atoms with Crippen LogP contribution < -0.4 is 10.2 Å². The van der Waals surface area contributed by atoms with E-state index in [1.54, 1.807) is 24.3 Å². The molecule has 0 atom stereocenters. The van der Waals surface area contributed by atoms with E-state index < -0.39 is 0 Å². The van der Waals surface area contributed by atoms with Crippen LogP contribution in [0.15, 0.2) is 24.3 Å². The third-order valence-corrected chi connectivity index (χ3v) is 3.60. The summed E-state index contributed by atoms with van der Waals surface area (Å²) in [7, 11) is 0. The number of benzene rings is 1. The van der Waals surface area contributed by atoms with Crippen molar-refractivity contribution in [3.63, 3.8) is 0 Å². The van der Waals surface area contributed by atoms with Gasteiger partial charge in [0.25, 0.3) is 0 Å². The molecule has 6 heteroatoms. The number of nitrogens with one attached hydrogen (secondary N) is 1. The van der Waals surface area contributed by atoms with Gasteiger partial charge in [0, 0.05) is 23.0 Å². The fraction of sp³-hybridized carbons (Fsp3) is 0.353. The zero-order valence-electron chi connectivity index (χ0n) is 13.4. The largest absolute Gasteiger partial charge is 0.352 e. The molecule has 5 nitrogen and oxygen atoms in total. The van der Waals surface area contributed by atoms with Gasteiger partial charge in [-0.1, -0.05) is 11.6 Å². The average molecular weight is 331 g/mol. The van der Waals surface area contributed by atoms with Crippen molar-refractivity contribution in [2.75, 3.05) is 18.0 Å². The minimum atomic E-state index is -0.0710. The molecule has 0 bridgehead atoms. The zero-order valence-corrected chi connectivity index (χ0v) is 14.2. The van der Waals surface area contributed by atoms with Crippen LogP contribution in [0.1, 0.15) is 26.3 Å². The number of aromatic nitrogens is 1. The van der Waals surface area contributed by atoms with Gasteiger partial charge in [-0.15, -0.1) is 0 Å². The van der Waals surface area contributed by atoms with Gasteiger partial charge in [-0.3, -0.25) is 4.79 Å². The van der Waals surface area contributed by atoms with Crippen molar-refractivity contribution in [2.45, 2.75) is 26.8 Å². The van der Waals surface area contributed by atoms with Gasteiger partial charge in [-0.05, 0) is 45.0 Å². The van der Waals surface area contributed by atoms with Crippen molar-refractivity contribution in [3.05, 3.63) is 34.9 Å². The fourth-order valence-electron chi connectivity index (χ4n) is 2.33. The number of carbonyl (C=O) groups excluding carboxylic acids is 1. The molecule has 0 saturated heterocycles. The highest BCUT2D eigenvalue weighted by molar-refractivity contribution is 6.31. The lowest BCUT2D eigenvalue weighted by Gasteiger charge is -2.22. The molecule has 0 spiro atoms. The van der Waals surface area contributed by atoms with E-state index in [9.17, 15) is 10.1 Å². The van der Waals surface area contributed by atoms with Crippen LogP contribution in [0.25, 0.3) is 10.9 Å². The number of fused-ring (bicyclic) bond motifs is 1. The highest BCUT2D eigenvalue weighted by atomic mass is 35.5. The Morgan fingerprint density at radius 3 is 2.78 bits per heavy atom. The first kappa shape index (κ1) is 17.0. The standard InChI is InChI=1S/C17H19ClN4O/c1-4-22(10-17(23)20-11(2)3)16-7-12(9-19)14-8-13(18)5-6-15(14)21-16/h5-8,11H,4,10H2,1-3H3,(H,20,23). The average Bonchev–Trinajstić information content (AvgIpc) is 2.50. The second-order valence-electron chi connectivity index (χ2n) is 5.54. The zero-order chi connectivity index (χ0) is 17.0. The first-order valence-corrected chi connectivity index (χ1v) is 7.87. The topological polar surface area (TPSA) is 69.0 Å². The Morgan fingerprint density at radius 1 is 1.43 bits per heavy atom. The number of nitriles is 1. The van der Waals surface area contributed by atoms with Gasteiger partial charge in [-0.2, -0.15) is 5.26 Å². The molecule has 1 N–H and O–H groups in total. The summed E-state index contributed by atoms with van der Waals surface area (Å²) in [5.41, 5.74) is 1.18. The Balaban J connectivity index is 2.39. The second kappa shape index (κ2) is 7.30. The number of pyridine rings is 1. The second-order valence-corrected chi connectivity index (χ2v) is 5.97. The fourth-order valence-corrected chi connectivity index (χ4v) is 2.51. The molecule has 0 aliphatic heterocycles. The van der Waals surface area contributed by atoms with E-state index in [1.165, 1.54) is 0 Å². The van der Waals surface area contributed by atoms with Gasteiger partial charge in [0.1, 0.15) is 5.82 Å². The van der Waals surface area contributed by atoms with E-state index in [2.05, 4.69) is 16.4 Å². The summed E-state index contributed by atoms with van der Waals surface area (Å²) in [4.78, 5) is 18.4. The molecule has 1 amide bonds. The van der Waals surface area contributed by atoms with Crippen LogP contribution in [-0.2, 0) is 4.79 Å². The number of amides is 1. The Kier molecular flexibility index (Phi) is 5.41. The van der Waals surface area contributed by atoms with Crippen LogP contribution in [0.2, 0.25) is 5.02 Å². The van der Waals surface area contributed by atoms with E-state index >= 15 is 0 Å². The Labute approximate surface area is 140 Å². The van der Waals surface area contributed by atoms with Crippen molar-refractivity contribution in [1.82, 2.24) is 10.3 Å². The monoisotopic (exact) mass is 330 g/mol. The maximum Gasteiger partial charge on any atom is 0.239 e. The molecule has 1 heterocycles. The third-order valence-electron chi connectivity index (χ3n) is 3.37. The van der Waals surface area contributed by atoms with Gasteiger partial charge in [0.05, 0.1) is 23.7 Å². The number of nitrogens with zero attached hydrogens (tertiary/aromatic N) is 3. The summed E-state index contributed by atoms with van der Waals surface area (Å²) >= 11 is 5.99. The highest BCUT2D eigenvalue weighted by Gasteiger charge is 2.14. The molecular formula is C17H19ClN4O. The van der Waals surface area contributed by atoms with E-state index in [1.807, 2.05) is 25.7 Å². The molecule has 0 fully saturated rings. The Bertz CT molecular complexity index is 767. The lowest BCUT2D eigenvalue weighted by molar-refractivity contribution is -0.120. The van der Waals surface area contributed by atoms with Crippen LogP contribution >= 0.6 is 11.6 Å². The van der Waals surface area contributed by atoms with Gasteiger partial charge >= 0.3 is 0 Å². The van der Waals surface area contributed by atoms with Crippen molar-refractivity contribution in [2.24, 2.45) is 0 Å². The van der Waals surface area contributed by atoms with Crippen LogP contribution in [0.3, 0.4) is 0 Å². The summed E-state index contributed by atoms with van der Waals surface area (Å²) in [6.07, 6.45) is 0. The van der Waals surface area contributed by atoms with Crippen LogP contribution in [-0.4, -0.2) is 30.0 Å². The number of anilines is 1. The molecule has 0 aliphatic carbocycles. The summed E-state index contributed by atoms with van der Waals surface area (Å²) in [6.45, 7) is 6.59. The molecule has 0 aliphatic rings. The van der Waals surface area contributed by atoms with E-state index in [4.69, 9.17) is 11.6 Å². The van der Waals surface area contributed by atoms with Crippen LogP contribution in [0.5, 0.6) is 0 Å². The van der Waals surface area contributed by atoms with Crippen molar-refractivity contribution in [1.29, 1.82) is 5.26 Å². The number of likely N-dealkylation sites (N-methyl/N-ethyl adjacent to an activating group) is 1. The van der Waals surface area contributed by atoms with Crippen LogP contribution in [0, 0.1) is 11.3 Å². The van der Waals surface area contributed by atoms with Gasteiger partial charge in [0.2, 0.25) is 5.91 Å². The molecule has 23 heavy (non-hydrogen) atoms. The molecule has 2 aromatic rings. The van der Waals surface area contributed by atoms with Crippen molar-refractivity contribution < 1.29 is 4.79 Å². The summed E-state index contributed by atoms with van der Waals surface area (Å²) < 4.78 is 0. The first-order valence-electron chi connectivity index (χ1n) is 7.49. The quantitative estimate of drug-likeness (QED) is 0.914. The van der Waals surface area contributed by atoms with Crippen molar-refractivity contribution in [3.8, 4) is 6.07 Å². The molecule has 0 unspecified atom stereocenters. The molecule has 1 aromatic carbocycles. The molecule has 0 saturated carbocycles. The SMILES string of the molecule is CCN(CC(=O)NC(C)C)c1cc(C#N)c2cc(Cl)ccc2n1. The maximum absolute atomic E-state index is 12.0. The lowest BCUT2D eigenvalue weighted by Crippen LogP contribution is -2.40. The van der Waals surface area contributed by atoms with E-state index in [-0.39, 0.29) is 18.5 Å². The first-order chi connectivity index (χ1) is 10.9. The van der Waals surface area contributed by atoms with Gasteiger partial charge in [-0.25, -0.2) is 4.98 Å². The normalized spacial score (nSPS) is 10.6. The number of carbonyl (C=O) groups is 1. The number of hydrogen-bond donors (Lipinski definition) is 1. The van der Waals surface area contributed by atoms with E-state index in [0.29, 0.717) is 33.9 Å². The summed E-state index contributed by atoms with van der Waals surface area (Å²) in [6, 6.07) is 9.21. The Hall–Kier alpha value is -2.32. The third kappa shape index (κ3) is 4.11. The molecule has 1 aromatic heterocycles. The summed E-state index contributed by atoms with van der Waals surface area (Å²) in [5, 5.41) is 13.5. The lowest BCUT2D eigenvalue weighted by atomic mass is 10.1. The molecular weight excluding hydrogens is 312 g/mol. The molecule has 120 valence electrons. The number of halogens is 1. The summed E-state index contributed by atoms with van der Waals surface area (Å²) in [5.74, 6) is 0.538. The van der Waals surface area contributed by atoms with E-state index in [0.717, 1.165) is 0 Å². The van der Waals surface area contributed by atoms with Crippen LogP contribution in [0.4, 0.5) is 5.82 Å². The Morgan fingerprint density at radius 2 is 2.17 bits per heavy atom.